The Morgan fingerprint density at radius 2 is 2.12 bits per heavy atom. The maximum atomic E-state index is 9.77. The molecule has 1 aliphatic rings. The van der Waals surface area contributed by atoms with E-state index >= 15 is 0 Å². The smallest absolute Gasteiger partial charge is 0.0897 e. The first-order chi connectivity index (χ1) is 8.15. The van der Waals surface area contributed by atoms with E-state index in [9.17, 15) is 5.11 Å². The van der Waals surface area contributed by atoms with Crippen molar-refractivity contribution in [3.63, 3.8) is 0 Å². The van der Waals surface area contributed by atoms with Gasteiger partial charge in [0.15, 0.2) is 0 Å². The topological polar surface area (TPSA) is 41.5 Å². The van der Waals surface area contributed by atoms with Crippen LogP contribution < -0.4 is 5.32 Å². The van der Waals surface area contributed by atoms with Crippen LogP contribution >= 0.6 is 0 Å². The van der Waals surface area contributed by atoms with Gasteiger partial charge >= 0.3 is 0 Å². The maximum Gasteiger partial charge on any atom is 0.0897 e. The van der Waals surface area contributed by atoms with Crippen LogP contribution in [-0.2, 0) is 4.74 Å². The van der Waals surface area contributed by atoms with E-state index < -0.39 is 0 Å². The Morgan fingerprint density at radius 3 is 2.71 bits per heavy atom. The Bertz CT molecular complexity index is 199. The van der Waals surface area contributed by atoms with Crippen LogP contribution in [0.4, 0.5) is 0 Å². The molecule has 3 heteroatoms. The highest BCUT2D eigenvalue weighted by Gasteiger charge is 2.29. The quantitative estimate of drug-likeness (QED) is 0.642. The van der Waals surface area contributed by atoms with E-state index in [1.807, 2.05) is 0 Å². The van der Waals surface area contributed by atoms with E-state index in [2.05, 4.69) is 26.1 Å². The van der Waals surface area contributed by atoms with Crippen LogP contribution in [-0.4, -0.2) is 37.0 Å². The molecule has 3 nitrogen and oxygen atoms in total. The molecule has 4 atom stereocenters. The summed E-state index contributed by atoms with van der Waals surface area (Å²) in [6, 6.07) is 0.579. The SMILES string of the molecule is CCCCOCC(O)CNC1CCC(C)C1C. The Hall–Kier alpha value is -0.120. The standard InChI is InChI=1S/C14H29NO2/c1-4-5-8-17-10-13(16)9-15-14-7-6-11(2)12(14)3/h11-16H,4-10H2,1-3H3. The van der Waals surface area contributed by atoms with Gasteiger partial charge in [-0.25, -0.2) is 0 Å². The molecule has 1 saturated carbocycles. The van der Waals surface area contributed by atoms with Gasteiger partial charge in [0.25, 0.3) is 0 Å². The lowest BCUT2D eigenvalue weighted by Crippen LogP contribution is -2.39. The minimum atomic E-state index is -0.366. The summed E-state index contributed by atoms with van der Waals surface area (Å²) >= 11 is 0. The van der Waals surface area contributed by atoms with Crippen molar-refractivity contribution in [1.29, 1.82) is 0 Å². The van der Waals surface area contributed by atoms with Gasteiger partial charge in [-0.2, -0.15) is 0 Å². The third-order valence-corrected chi connectivity index (χ3v) is 4.03. The molecule has 1 fully saturated rings. The van der Waals surface area contributed by atoms with Crippen molar-refractivity contribution in [3.8, 4) is 0 Å². The first kappa shape index (κ1) is 14.9. The number of aliphatic hydroxyl groups is 1. The number of rotatable bonds is 8. The maximum absolute atomic E-state index is 9.77. The lowest BCUT2D eigenvalue weighted by atomic mass is 9.98. The zero-order valence-corrected chi connectivity index (χ0v) is 11.6. The summed E-state index contributed by atoms with van der Waals surface area (Å²) in [6.45, 7) is 8.65. The molecule has 0 aliphatic heterocycles. The molecule has 0 spiro atoms. The molecule has 1 rings (SSSR count). The number of nitrogens with one attached hydrogen (secondary N) is 1. The normalized spacial score (nSPS) is 30.7. The molecule has 2 N–H and O–H groups in total. The van der Waals surface area contributed by atoms with Crippen LogP contribution in [0.25, 0.3) is 0 Å². The van der Waals surface area contributed by atoms with Crippen LogP contribution in [0.1, 0.15) is 46.5 Å². The average Bonchev–Trinajstić information content (AvgIpc) is 2.63. The minimum Gasteiger partial charge on any atom is -0.389 e. The Labute approximate surface area is 106 Å². The Kier molecular flexibility index (Phi) is 7.09. The zero-order chi connectivity index (χ0) is 12.7. The largest absolute Gasteiger partial charge is 0.389 e. The predicted molar refractivity (Wildman–Crippen MR) is 71.1 cm³/mol. The number of hydrogen-bond donors (Lipinski definition) is 2. The molecule has 0 heterocycles. The van der Waals surface area contributed by atoms with Gasteiger partial charge in [-0.1, -0.05) is 27.2 Å². The molecule has 102 valence electrons. The van der Waals surface area contributed by atoms with E-state index in [1.165, 1.54) is 12.8 Å². The van der Waals surface area contributed by atoms with Gasteiger partial charge in [0.1, 0.15) is 0 Å². The fourth-order valence-electron chi connectivity index (χ4n) is 2.46. The zero-order valence-electron chi connectivity index (χ0n) is 11.6. The predicted octanol–water partition coefficient (Wildman–Crippen LogP) is 2.19. The second kappa shape index (κ2) is 8.06. The molecule has 0 bridgehead atoms. The van der Waals surface area contributed by atoms with E-state index in [0.29, 0.717) is 19.2 Å². The van der Waals surface area contributed by atoms with Gasteiger partial charge in [0.05, 0.1) is 12.7 Å². The van der Waals surface area contributed by atoms with E-state index in [1.54, 1.807) is 0 Å². The third kappa shape index (κ3) is 5.36. The van der Waals surface area contributed by atoms with Gasteiger partial charge in [-0.05, 0) is 31.1 Å². The van der Waals surface area contributed by atoms with Crippen LogP contribution in [0, 0.1) is 11.8 Å². The number of aliphatic hydroxyl groups excluding tert-OH is 1. The molecule has 0 aromatic carbocycles. The molecule has 0 radical (unpaired) electrons. The molecule has 0 aromatic rings. The monoisotopic (exact) mass is 243 g/mol. The number of hydrogen-bond acceptors (Lipinski definition) is 3. The van der Waals surface area contributed by atoms with Crippen molar-refractivity contribution < 1.29 is 9.84 Å². The summed E-state index contributed by atoms with van der Waals surface area (Å²) in [7, 11) is 0. The molecule has 0 amide bonds. The lowest BCUT2D eigenvalue weighted by Gasteiger charge is -2.21. The van der Waals surface area contributed by atoms with Crippen molar-refractivity contribution in [3.05, 3.63) is 0 Å². The molecule has 4 unspecified atom stereocenters. The number of ether oxygens (including phenoxy) is 1. The Morgan fingerprint density at radius 1 is 1.35 bits per heavy atom. The van der Waals surface area contributed by atoms with Crippen molar-refractivity contribution in [2.75, 3.05) is 19.8 Å². The van der Waals surface area contributed by atoms with Gasteiger partial charge in [0.2, 0.25) is 0 Å². The summed E-state index contributed by atoms with van der Waals surface area (Å²) in [4.78, 5) is 0. The second-order valence-corrected chi connectivity index (χ2v) is 5.51. The second-order valence-electron chi connectivity index (χ2n) is 5.51. The van der Waals surface area contributed by atoms with Crippen LogP contribution in [0.15, 0.2) is 0 Å². The van der Waals surface area contributed by atoms with Crippen LogP contribution in [0.3, 0.4) is 0 Å². The molecular formula is C14H29NO2. The van der Waals surface area contributed by atoms with Crippen molar-refractivity contribution in [1.82, 2.24) is 5.32 Å². The van der Waals surface area contributed by atoms with Crippen molar-refractivity contribution >= 4 is 0 Å². The van der Waals surface area contributed by atoms with E-state index in [0.717, 1.165) is 31.3 Å². The molecule has 1 aliphatic carbocycles. The van der Waals surface area contributed by atoms with E-state index in [4.69, 9.17) is 4.74 Å². The molecule has 0 saturated heterocycles. The average molecular weight is 243 g/mol. The summed E-state index contributed by atoms with van der Waals surface area (Å²) in [5.41, 5.74) is 0. The number of unbranched alkanes of at least 4 members (excludes halogenated alkanes) is 1. The van der Waals surface area contributed by atoms with Crippen molar-refractivity contribution in [2.24, 2.45) is 11.8 Å². The highest BCUT2D eigenvalue weighted by Crippen LogP contribution is 2.30. The molecule has 0 aromatic heterocycles. The highest BCUT2D eigenvalue weighted by molar-refractivity contribution is 4.85. The Balaban J connectivity index is 2.05. The molecular weight excluding hydrogens is 214 g/mol. The van der Waals surface area contributed by atoms with Crippen molar-refractivity contribution in [2.45, 2.75) is 58.6 Å². The third-order valence-electron chi connectivity index (χ3n) is 4.03. The van der Waals surface area contributed by atoms with Gasteiger partial charge in [-0.15, -0.1) is 0 Å². The van der Waals surface area contributed by atoms with Crippen LogP contribution in [0.5, 0.6) is 0 Å². The first-order valence-corrected chi connectivity index (χ1v) is 7.14. The highest BCUT2D eigenvalue weighted by atomic mass is 16.5. The fourth-order valence-corrected chi connectivity index (χ4v) is 2.46. The van der Waals surface area contributed by atoms with Gasteiger partial charge < -0.3 is 15.2 Å². The first-order valence-electron chi connectivity index (χ1n) is 7.14. The van der Waals surface area contributed by atoms with Crippen LogP contribution in [0.2, 0.25) is 0 Å². The van der Waals surface area contributed by atoms with Gasteiger partial charge in [0, 0.05) is 19.2 Å². The lowest BCUT2D eigenvalue weighted by molar-refractivity contribution is 0.0339. The molecule has 17 heavy (non-hydrogen) atoms. The van der Waals surface area contributed by atoms with E-state index in [-0.39, 0.29) is 6.10 Å². The fraction of sp³-hybridized carbons (Fsp3) is 1.00. The summed E-state index contributed by atoms with van der Waals surface area (Å²) in [5, 5.41) is 13.2. The minimum absolute atomic E-state index is 0.366. The van der Waals surface area contributed by atoms with Gasteiger partial charge in [-0.3, -0.25) is 0 Å². The summed E-state index contributed by atoms with van der Waals surface area (Å²) < 4.78 is 5.41. The summed E-state index contributed by atoms with van der Waals surface area (Å²) in [5.74, 6) is 1.54. The summed E-state index contributed by atoms with van der Waals surface area (Å²) in [6.07, 6.45) is 4.41.